The number of fused-ring (bicyclic) bond motifs is 1. The van der Waals surface area contributed by atoms with Crippen LogP contribution in [0.5, 0.6) is 11.5 Å². The van der Waals surface area contributed by atoms with Crippen molar-refractivity contribution in [2.24, 2.45) is 5.10 Å². The molecule has 4 aromatic rings. The van der Waals surface area contributed by atoms with E-state index in [0.29, 0.717) is 21.4 Å². The highest BCUT2D eigenvalue weighted by Crippen LogP contribution is 2.29. The standard InChI is InChI=1S/C27H19Cl3N2O4/c1-16(35-20-10-7-18(28)8-11-20)26(33)32-31-15-23-21-5-3-2-4-17(21)6-13-25(23)36-27(34)22-12-9-19(29)14-24(22)30/h2-16H,1H3,(H,32,33)/b31-15-/t16-/m1/s1. The average molecular weight is 542 g/mol. The predicted octanol–water partition coefficient (Wildman–Crippen LogP) is 6.94. The zero-order chi connectivity index (χ0) is 25.7. The highest BCUT2D eigenvalue weighted by atomic mass is 35.5. The van der Waals surface area contributed by atoms with Gasteiger partial charge in [-0.05, 0) is 66.2 Å². The van der Waals surface area contributed by atoms with E-state index in [4.69, 9.17) is 44.3 Å². The van der Waals surface area contributed by atoms with Crippen molar-refractivity contribution in [3.63, 3.8) is 0 Å². The van der Waals surface area contributed by atoms with Crippen molar-refractivity contribution < 1.29 is 19.1 Å². The van der Waals surface area contributed by atoms with Crippen LogP contribution in [0.15, 0.2) is 84.0 Å². The first kappa shape index (κ1) is 25.5. The summed E-state index contributed by atoms with van der Waals surface area (Å²) >= 11 is 18.0. The van der Waals surface area contributed by atoms with Crippen molar-refractivity contribution in [3.8, 4) is 11.5 Å². The lowest BCUT2D eigenvalue weighted by Gasteiger charge is -2.13. The molecule has 1 amide bonds. The van der Waals surface area contributed by atoms with Crippen molar-refractivity contribution in [2.75, 3.05) is 0 Å². The van der Waals surface area contributed by atoms with Crippen LogP contribution in [-0.2, 0) is 4.79 Å². The van der Waals surface area contributed by atoms with Gasteiger partial charge in [0.1, 0.15) is 11.5 Å². The van der Waals surface area contributed by atoms with E-state index in [9.17, 15) is 9.59 Å². The number of nitrogens with one attached hydrogen (secondary N) is 1. The highest BCUT2D eigenvalue weighted by molar-refractivity contribution is 6.36. The summed E-state index contributed by atoms with van der Waals surface area (Å²) in [7, 11) is 0. The number of benzene rings is 4. The maximum Gasteiger partial charge on any atom is 0.345 e. The summed E-state index contributed by atoms with van der Waals surface area (Å²) in [6.45, 7) is 1.60. The molecule has 0 spiro atoms. The van der Waals surface area contributed by atoms with E-state index in [1.165, 1.54) is 18.3 Å². The number of halogens is 3. The maximum absolute atomic E-state index is 12.8. The zero-order valence-electron chi connectivity index (χ0n) is 18.9. The summed E-state index contributed by atoms with van der Waals surface area (Å²) in [5.41, 5.74) is 3.12. The third-order valence-corrected chi connectivity index (χ3v) is 5.95. The van der Waals surface area contributed by atoms with E-state index in [1.54, 1.807) is 43.3 Å². The van der Waals surface area contributed by atoms with Crippen molar-refractivity contribution in [1.82, 2.24) is 5.43 Å². The quantitative estimate of drug-likeness (QED) is 0.119. The molecule has 182 valence electrons. The molecule has 0 fully saturated rings. The molecule has 0 saturated heterocycles. The summed E-state index contributed by atoms with van der Waals surface area (Å²) < 4.78 is 11.3. The number of nitrogens with zero attached hydrogens (tertiary/aromatic N) is 1. The summed E-state index contributed by atoms with van der Waals surface area (Å²) in [4.78, 5) is 25.3. The first-order valence-corrected chi connectivity index (χ1v) is 11.9. The van der Waals surface area contributed by atoms with Gasteiger partial charge in [0, 0.05) is 15.6 Å². The van der Waals surface area contributed by atoms with Gasteiger partial charge in [-0.2, -0.15) is 5.10 Å². The smallest absolute Gasteiger partial charge is 0.345 e. The Morgan fingerprint density at radius 2 is 1.64 bits per heavy atom. The predicted molar refractivity (Wildman–Crippen MR) is 143 cm³/mol. The second-order valence-corrected chi connectivity index (χ2v) is 8.94. The van der Waals surface area contributed by atoms with E-state index < -0.39 is 18.0 Å². The van der Waals surface area contributed by atoms with Gasteiger partial charge in [-0.1, -0.05) is 65.1 Å². The lowest BCUT2D eigenvalue weighted by atomic mass is 10.0. The molecule has 1 atom stereocenters. The topological polar surface area (TPSA) is 77.0 Å². The second-order valence-electron chi connectivity index (χ2n) is 7.66. The van der Waals surface area contributed by atoms with Crippen LogP contribution >= 0.6 is 34.8 Å². The Morgan fingerprint density at radius 3 is 2.39 bits per heavy atom. The fourth-order valence-electron chi connectivity index (χ4n) is 3.33. The molecule has 0 radical (unpaired) electrons. The van der Waals surface area contributed by atoms with E-state index in [-0.39, 0.29) is 16.3 Å². The Kier molecular flexibility index (Phi) is 8.10. The number of rotatable bonds is 7. The second kappa shape index (κ2) is 11.4. The van der Waals surface area contributed by atoms with Gasteiger partial charge < -0.3 is 9.47 Å². The first-order valence-electron chi connectivity index (χ1n) is 10.8. The molecule has 0 heterocycles. The number of carbonyl (C=O) groups excluding carboxylic acids is 2. The Balaban J connectivity index is 1.54. The fraction of sp³-hybridized carbons (Fsp3) is 0.0741. The van der Waals surface area contributed by atoms with Gasteiger partial charge in [-0.15, -0.1) is 0 Å². The normalized spacial score (nSPS) is 11.9. The van der Waals surface area contributed by atoms with Crippen LogP contribution in [0.1, 0.15) is 22.8 Å². The minimum absolute atomic E-state index is 0.165. The largest absolute Gasteiger partial charge is 0.481 e. The lowest BCUT2D eigenvalue weighted by Crippen LogP contribution is -2.33. The van der Waals surface area contributed by atoms with E-state index >= 15 is 0 Å². The minimum atomic E-state index is -0.819. The van der Waals surface area contributed by atoms with E-state index in [0.717, 1.165) is 10.8 Å². The highest BCUT2D eigenvalue weighted by Gasteiger charge is 2.17. The van der Waals surface area contributed by atoms with Crippen LogP contribution in [0.3, 0.4) is 0 Å². The van der Waals surface area contributed by atoms with Crippen molar-refractivity contribution >= 4 is 63.7 Å². The summed E-state index contributed by atoms with van der Waals surface area (Å²) in [5.74, 6) is -0.383. The molecule has 0 unspecified atom stereocenters. The number of hydrogen-bond acceptors (Lipinski definition) is 5. The Labute approximate surface area is 222 Å². The lowest BCUT2D eigenvalue weighted by molar-refractivity contribution is -0.127. The van der Waals surface area contributed by atoms with Crippen LogP contribution in [-0.4, -0.2) is 24.2 Å². The summed E-state index contributed by atoms with van der Waals surface area (Å²) in [5, 5.41) is 6.89. The monoisotopic (exact) mass is 540 g/mol. The van der Waals surface area contributed by atoms with E-state index in [1.807, 2.05) is 30.3 Å². The number of amides is 1. The van der Waals surface area contributed by atoms with Crippen molar-refractivity contribution in [3.05, 3.63) is 105 Å². The molecule has 0 aliphatic heterocycles. The summed E-state index contributed by atoms with van der Waals surface area (Å²) in [6.07, 6.45) is 0.599. The van der Waals surface area contributed by atoms with E-state index in [2.05, 4.69) is 10.5 Å². The molecule has 0 aliphatic carbocycles. The molecule has 4 rings (SSSR count). The van der Waals surface area contributed by atoms with Crippen LogP contribution < -0.4 is 14.9 Å². The van der Waals surface area contributed by atoms with Gasteiger partial charge in [0.15, 0.2) is 6.10 Å². The molecular formula is C27H19Cl3N2O4. The van der Waals surface area contributed by atoms with Crippen LogP contribution in [0, 0.1) is 0 Å². The Bertz CT molecular complexity index is 1460. The Morgan fingerprint density at radius 1 is 0.917 bits per heavy atom. The third kappa shape index (κ3) is 6.15. The third-order valence-electron chi connectivity index (χ3n) is 5.15. The average Bonchev–Trinajstić information content (AvgIpc) is 2.86. The van der Waals surface area contributed by atoms with Gasteiger partial charge in [-0.25, -0.2) is 10.2 Å². The van der Waals surface area contributed by atoms with Gasteiger partial charge in [0.2, 0.25) is 0 Å². The molecule has 9 heteroatoms. The number of carbonyl (C=O) groups is 2. The summed E-state index contributed by atoms with van der Waals surface area (Å²) in [6, 6.07) is 22.1. The van der Waals surface area contributed by atoms with Crippen molar-refractivity contribution in [2.45, 2.75) is 13.0 Å². The molecule has 0 saturated carbocycles. The molecule has 4 aromatic carbocycles. The number of esters is 1. The molecular weight excluding hydrogens is 523 g/mol. The molecule has 0 bridgehead atoms. The van der Waals surface area contributed by atoms with Crippen molar-refractivity contribution in [1.29, 1.82) is 0 Å². The maximum atomic E-state index is 12.8. The number of hydrazone groups is 1. The number of ether oxygens (including phenoxy) is 2. The van der Waals surface area contributed by atoms with Gasteiger partial charge >= 0.3 is 5.97 Å². The number of hydrogen-bond donors (Lipinski definition) is 1. The Hall–Kier alpha value is -3.58. The van der Waals surface area contributed by atoms with Gasteiger partial charge in [0.25, 0.3) is 5.91 Å². The van der Waals surface area contributed by atoms with Gasteiger partial charge in [0.05, 0.1) is 16.8 Å². The van der Waals surface area contributed by atoms with Crippen LogP contribution in [0.25, 0.3) is 10.8 Å². The molecule has 0 aromatic heterocycles. The first-order chi connectivity index (χ1) is 17.3. The van der Waals surface area contributed by atoms with Gasteiger partial charge in [-0.3, -0.25) is 4.79 Å². The molecule has 6 nitrogen and oxygen atoms in total. The minimum Gasteiger partial charge on any atom is -0.481 e. The molecule has 1 N–H and O–H groups in total. The molecule has 0 aliphatic rings. The SMILES string of the molecule is C[C@@H](Oc1ccc(Cl)cc1)C(=O)N/N=C\c1c(OC(=O)c2ccc(Cl)cc2Cl)ccc2ccccc12. The van der Waals surface area contributed by atoms with Crippen LogP contribution in [0.2, 0.25) is 15.1 Å². The van der Waals surface area contributed by atoms with Crippen LogP contribution in [0.4, 0.5) is 0 Å². The fourth-order valence-corrected chi connectivity index (χ4v) is 3.94. The molecule has 36 heavy (non-hydrogen) atoms. The zero-order valence-corrected chi connectivity index (χ0v) is 21.1.